The van der Waals surface area contributed by atoms with Crippen molar-refractivity contribution in [1.29, 1.82) is 0 Å². The summed E-state index contributed by atoms with van der Waals surface area (Å²) in [6, 6.07) is -0.448. The average molecular weight is 310 g/mol. The number of nitrogens with two attached hydrogens (primary N) is 2. The van der Waals surface area contributed by atoms with E-state index in [2.05, 4.69) is 5.32 Å². The topological polar surface area (TPSA) is 101 Å². The second-order valence-electron chi connectivity index (χ2n) is 6.92. The Morgan fingerprint density at radius 1 is 1.14 bits per heavy atom. The molecule has 0 bridgehead atoms. The maximum Gasteiger partial charge on any atom is 0.312 e. The summed E-state index contributed by atoms with van der Waals surface area (Å²) in [6.45, 7) is 1.83. The maximum atomic E-state index is 12.8. The number of rotatable bonds is 5. The number of likely N-dealkylation sites (tertiary alicyclic amines) is 1. The second kappa shape index (κ2) is 7.81. The summed E-state index contributed by atoms with van der Waals surface area (Å²) >= 11 is 0. The fourth-order valence-electron chi connectivity index (χ4n) is 3.94. The number of urea groups is 1. The molecule has 0 radical (unpaired) electrons. The Morgan fingerprint density at radius 3 is 2.50 bits per heavy atom. The Morgan fingerprint density at radius 2 is 1.86 bits per heavy atom. The van der Waals surface area contributed by atoms with Crippen molar-refractivity contribution >= 4 is 11.9 Å². The zero-order chi connectivity index (χ0) is 16.0. The molecule has 1 unspecified atom stereocenters. The van der Waals surface area contributed by atoms with E-state index >= 15 is 0 Å². The van der Waals surface area contributed by atoms with Crippen molar-refractivity contribution in [3.8, 4) is 0 Å². The van der Waals surface area contributed by atoms with Crippen LogP contribution in [0.5, 0.6) is 0 Å². The highest BCUT2D eigenvalue weighted by molar-refractivity contribution is 5.77. The number of carbonyl (C=O) groups excluding carboxylic acids is 2. The Bertz CT molecular complexity index is 394. The molecule has 22 heavy (non-hydrogen) atoms. The van der Waals surface area contributed by atoms with Gasteiger partial charge in [0.15, 0.2) is 0 Å². The molecule has 0 aromatic carbocycles. The zero-order valence-electron chi connectivity index (χ0n) is 13.5. The van der Waals surface area contributed by atoms with E-state index in [0.29, 0.717) is 19.5 Å². The maximum absolute atomic E-state index is 12.8. The van der Waals surface area contributed by atoms with Crippen molar-refractivity contribution in [3.05, 3.63) is 0 Å². The molecule has 0 spiro atoms. The molecule has 1 saturated heterocycles. The van der Waals surface area contributed by atoms with Gasteiger partial charge in [-0.05, 0) is 44.1 Å². The predicted molar refractivity (Wildman–Crippen MR) is 86.1 cm³/mol. The van der Waals surface area contributed by atoms with E-state index in [1.165, 1.54) is 19.3 Å². The quantitative estimate of drug-likeness (QED) is 0.714. The monoisotopic (exact) mass is 310 g/mol. The number of hydrogen-bond donors (Lipinski definition) is 3. The van der Waals surface area contributed by atoms with Gasteiger partial charge in [-0.1, -0.05) is 19.3 Å². The van der Waals surface area contributed by atoms with E-state index in [9.17, 15) is 9.59 Å². The molecule has 126 valence electrons. The van der Waals surface area contributed by atoms with Gasteiger partial charge in [0.1, 0.15) is 0 Å². The van der Waals surface area contributed by atoms with Crippen LogP contribution in [0, 0.1) is 5.41 Å². The third kappa shape index (κ3) is 4.35. The third-order valence-electron chi connectivity index (χ3n) is 5.33. The van der Waals surface area contributed by atoms with Gasteiger partial charge in [0.2, 0.25) is 5.91 Å². The highest BCUT2D eigenvalue weighted by atomic mass is 16.2. The van der Waals surface area contributed by atoms with Crippen molar-refractivity contribution in [2.24, 2.45) is 16.9 Å². The molecule has 0 aromatic heterocycles. The van der Waals surface area contributed by atoms with E-state index in [4.69, 9.17) is 11.5 Å². The minimum atomic E-state index is -0.524. The number of nitrogens with zero attached hydrogens (tertiary/aromatic N) is 1. The lowest BCUT2D eigenvalue weighted by Gasteiger charge is -2.41. The third-order valence-corrected chi connectivity index (χ3v) is 5.33. The molecule has 1 heterocycles. The van der Waals surface area contributed by atoms with Crippen molar-refractivity contribution in [2.75, 3.05) is 19.6 Å². The molecule has 2 aliphatic rings. The molecular formula is C16H30N4O2. The first-order valence-electron chi connectivity index (χ1n) is 8.59. The fourth-order valence-corrected chi connectivity index (χ4v) is 3.94. The summed E-state index contributed by atoms with van der Waals surface area (Å²) in [4.78, 5) is 25.7. The first-order chi connectivity index (χ1) is 10.6. The molecule has 3 amide bonds. The summed E-state index contributed by atoms with van der Waals surface area (Å²) in [5.74, 6) is 0.198. The van der Waals surface area contributed by atoms with Crippen LogP contribution in [-0.2, 0) is 4.79 Å². The number of amides is 3. The van der Waals surface area contributed by atoms with Crippen LogP contribution in [0.3, 0.4) is 0 Å². The van der Waals surface area contributed by atoms with E-state index in [-0.39, 0.29) is 17.4 Å². The summed E-state index contributed by atoms with van der Waals surface area (Å²) in [7, 11) is 0. The molecule has 6 heteroatoms. The van der Waals surface area contributed by atoms with E-state index in [0.717, 1.165) is 38.6 Å². The summed E-state index contributed by atoms with van der Waals surface area (Å²) in [5, 5.41) is 2.65. The highest BCUT2D eigenvalue weighted by Crippen LogP contribution is 2.39. The highest BCUT2D eigenvalue weighted by Gasteiger charge is 2.36. The first-order valence-corrected chi connectivity index (χ1v) is 8.59. The van der Waals surface area contributed by atoms with Crippen LogP contribution >= 0.6 is 0 Å². The summed E-state index contributed by atoms with van der Waals surface area (Å²) in [5.41, 5.74) is 11.2. The zero-order valence-corrected chi connectivity index (χ0v) is 13.5. The lowest BCUT2D eigenvalue weighted by atomic mass is 9.71. The Kier molecular flexibility index (Phi) is 6.06. The molecule has 6 nitrogen and oxygen atoms in total. The SMILES string of the molecule is NCC1(CC(=O)N2CCCCC2CNC(N)=O)CCCCC1. The molecule has 0 aromatic rings. The molecule has 1 aliphatic carbocycles. The number of piperidine rings is 1. The Hall–Kier alpha value is -1.30. The van der Waals surface area contributed by atoms with Crippen LogP contribution in [0.15, 0.2) is 0 Å². The largest absolute Gasteiger partial charge is 0.352 e. The molecule has 2 fully saturated rings. The summed E-state index contributed by atoms with van der Waals surface area (Å²) in [6.07, 6.45) is 9.35. The van der Waals surface area contributed by atoms with Crippen molar-refractivity contribution < 1.29 is 9.59 Å². The predicted octanol–water partition coefficient (Wildman–Crippen LogP) is 1.34. The molecular weight excluding hydrogens is 280 g/mol. The Balaban J connectivity index is 1.97. The van der Waals surface area contributed by atoms with E-state index in [1.54, 1.807) is 0 Å². The van der Waals surface area contributed by atoms with Crippen LogP contribution in [0.2, 0.25) is 0 Å². The van der Waals surface area contributed by atoms with Crippen LogP contribution in [0.25, 0.3) is 0 Å². The fraction of sp³-hybridized carbons (Fsp3) is 0.875. The van der Waals surface area contributed by atoms with Crippen LogP contribution < -0.4 is 16.8 Å². The lowest BCUT2D eigenvalue weighted by molar-refractivity contribution is -0.137. The molecule has 5 N–H and O–H groups in total. The molecule has 1 aliphatic heterocycles. The van der Waals surface area contributed by atoms with Gasteiger partial charge in [0, 0.05) is 25.6 Å². The lowest BCUT2D eigenvalue weighted by Crippen LogP contribution is -2.51. The van der Waals surface area contributed by atoms with Gasteiger partial charge in [0.25, 0.3) is 0 Å². The minimum absolute atomic E-state index is 0.00551. The van der Waals surface area contributed by atoms with Gasteiger partial charge in [0.05, 0.1) is 0 Å². The van der Waals surface area contributed by atoms with Gasteiger partial charge in [-0.3, -0.25) is 4.79 Å². The minimum Gasteiger partial charge on any atom is -0.352 e. The normalized spacial score (nSPS) is 24.8. The Labute approximate surface area is 133 Å². The van der Waals surface area contributed by atoms with Gasteiger partial charge >= 0.3 is 6.03 Å². The number of nitrogens with one attached hydrogen (secondary N) is 1. The second-order valence-corrected chi connectivity index (χ2v) is 6.92. The van der Waals surface area contributed by atoms with Gasteiger partial charge < -0.3 is 21.7 Å². The summed E-state index contributed by atoms with van der Waals surface area (Å²) < 4.78 is 0. The number of hydrogen-bond acceptors (Lipinski definition) is 3. The van der Waals surface area contributed by atoms with Gasteiger partial charge in [-0.15, -0.1) is 0 Å². The molecule has 1 saturated carbocycles. The van der Waals surface area contributed by atoms with Crippen molar-refractivity contribution in [2.45, 2.75) is 63.8 Å². The molecule has 1 atom stereocenters. The average Bonchev–Trinajstić information content (AvgIpc) is 2.54. The van der Waals surface area contributed by atoms with Crippen molar-refractivity contribution in [3.63, 3.8) is 0 Å². The number of carbonyl (C=O) groups is 2. The van der Waals surface area contributed by atoms with Gasteiger partial charge in [-0.2, -0.15) is 0 Å². The van der Waals surface area contributed by atoms with Crippen LogP contribution in [0.1, 0.15) is 57.8 Å². The van der Waals surface area contributed by atoms with Gasteiger partial charge in [-0.25, -0.2) is 4.79 Å². The van der Waals surface area contributed by atoms with Crippen LogP contribution in [0.4, 0.5) is 4.79 Å². The first kappa shape index (κ1) is 17.1. The van der Waals surface area contributed by atoms with Crippen molar-refractivity contribution in [1.82, 2.24) is 10.2 Å². The molecule has 2 rings (SSSR count). The van der Waals surface area contributed by atoms with E-state index < -0.39 is 6.03 Å². The van der Waals surface area contributed by atoms with E-state index in [1.807, 2.05) is 4.90 Å². The standard InChI is InChI=1S/C16H30N4O2/c17-12-16(7-3-1-4-8-16)10-14(21)20-9-5-2-6-13(20)11-19-15(18)22/h13H,1-12,17H2,(H3,18,19,22). The number of primary amides is 1. The van der Waals surface area contributed by atoms with Crippen LogP contribution in [-0.4, -0.2) is 42.5 Å². The smallest absolute Gasteiger partial charge is 0.312 e.